The summed E-state index contributed by atoms with van der Waals surface area (Å²) in [6, 6.07) is 0. The van der Waals surface area contributed by atoms with Crippen molar-refractivity contribution < 1.29 is 27.4 Å². The van der Waals surface area contributed by atoms with Gasteiger partial charge in [0.25, 0.3) is 0 Å². The lowest BCUT2D eigenvalue weighted by Crippen LogP contribution is -2.61. The van der Waals surface area contributed by atoms with E-state index in [1.54, 1.807) is 0 Å². The van der Waals surface area contributed by atoms with E-state index in [1.165, 1.54) is 10.6 Å². The van der Waals surface area contributed by atoms with Gasteiger partial charge in [0.1, 0.15) is 5.60 Å². The molecule has 1 atom stereocenters. The molecular weight excluding hydrogens is 336 g/mol. The Morgan fingerprint density at radius 3 is 2.50 bits per heavy atom. The van der Waals surface area contributed by atoms with E-state index in [2.05, 4.69) is 0 Å². The Morgan fingerprint density at radius 2 is 1.79 bits per heavy atom. The number of rotatable bonds is 2. The molecule has 1 spiro atoms. The van der Waals surface area contributed by atoms with Gasteiger partial charge in [-0.3, -0.25) is 4.79 Å². The normalized spacial score (nSPS) is 31.1. The van der Waals surface area contributed by atoms with E-state index in [0.717, 1.165) is 12.8 Å². The Bertz CT molecular complexity index is 562. The Hall–Kier alpha value is -0.740. The average Bonchev–Trinajstić information content (AvgIpc) is 2.77. The number of hydrogen-bond donors (Lipinski definition) is 0. The monoisotopic (exact) mass is 362 g/mol. The summed E-state index contributed by atoms with van der Waals surface area (Å²) >= 11 is 0. The number of hydrogen-bond acceptors (Lipinski definition) is 6. The summed E-state index contributed by atoms with van der Waals surface area (Å²) in [5.74, 6) is 0.114. The first-order chi connectivity index (χ1) is 11.4. The van der Waals surface area contributed by atoms with Crippen molar-refractivity contribution in [3.63, 3.8) is 0 Å². The van der Waals surface area contributed by atoms with E-state index >= 15 is 0 Å². The second-order valence-electron chi connectivity index (χ2n) is 6.83. The summed E-state index contributed by atoms with van der Waals surface area (Å²) in [4.78, 5) is 14.6. The summed E-state index contributed by atoms with van der Waals surface area (Å²) in [5, 5.41) is 0. The van der Waals surface area contributed by atoms with Gasteiger partial charge < -0.3 is 19.1 Å². The molecule has 3 saturated heterocycles. The lowest BCUT2D eigenvalue weighted by molar-refractivity contribution is -0.165. The van der Waals surface area contributed by atoms with Crippen molar-refractivity contribution in [3.05, 3.63) is 0 Å². The van der Waals surface area contributed by atoms with Crippen LogP contribution in [0.4, 0.5) is 0 Å². The van der Waals surface area contributed by atoms with Crippen LogP contribution in [0.25, 0.3) is 0 Å². The zero-order valence-electron chi connectivity index (χ0n) is 14.1. The molecule has 0 N–H and O–H groups in total. The summed E-state index contributed by atoms with van der Waals surface area (Å²) in [6.07, 6.45) is 2.68. The maximum absolute atomic E-state index is 12.8. The van der Waals surface area contributed by atoms with Crippen LogP contribution in [0.15, 0.2) is 0 Å². The van der Waals surface area contributed by atoms with Gasteiger partial charge in [-0.25, -0.2) is 8.42 Å². The highest BCUT2D eigenvalue weighted by Crippen LogP contribution is 2.26. The summed E-state index contributed by atoms with van der Waals surface area (Å²) < 4.78 is 42.1. The Labute approximate surface area is 143 Å². The first-order valence-electron chi connectivity index (χ1n) is 8.43. The zero-order chi connectivity index (χ0) is 17.2. The lowest BCUT2D eigenvalue weighted by atomic mass is 9.96. The maximum Gasteiger partial charge on any atom is 0.226 e. The quantitative estimate of drug-likeness (QED) is 0.646. The minimum absolute atomic E-state index is 0.00777. The molecular formula is C15H26N2O6S. The molecule has 1 amide bonds. The standard InChI is InChI=1S/C15H26N2O6S/c1-24(19,20)17-5-8-22-12-15(11-17)10-16(4-9-23-15)14(18)13-2-6-21-7-3-13/h13H,2-12H2,1H3. The fraction of sp³-hybridized carbons (Fsp3) is 0.933. The summed E-state index contributed by atoms with van der Waals surface area (Å²) in [7, 11) is -3.33. The molecule has 138 valence electrons. The number of carbonyl (C=O) groups is 1. The van der Waals surface area contributed by atoms with Gasteiger partial charge in [0.2, 0.25) is 15.9 Å². The number of carbonyl (C=O) groups excluding carboxylic acids is 1. The van der Waals surface area contributed by atoms with Crippen LogP contribution in [0.5, 0.6) is 0 Å². The Kier molecular flexibility index (Phi) is 5.45. The highest BCUT2D eigenvalue weighted by Gasteiger charge is 2.44. The number of amides is 1. The van der Waals surface area contributed by atoms with Crippen molar-refractivity contribution in [2.75, 3.05) is 65.5 Å². The number of ether oxygens (including phenoxy) is 3. The van der Waals surface area contributed by atoms with Crippen molar-refractivity contribution in [1.29, 1.82) is 0 Å². The van der Waals surface area contributed by atoms with Crippen LogP contribution >= 0.6 is 0 Å². The summed E-state index contributed by atoms with van der Waals surface area (Å²) in [5.41, 5.74) is -0.779. The van der Waals surface area contributed by atoms with E-state index in [0.29, 0.717) is 52.7 Å². The molecule has 8 nitrogen and oxygen atoms in total. The van der Waals surface area contributed by atoms with Crippen LogP contribution < -0.4 is 0 Å². The topological polar surface area (TPSA) is 85.4 Å². The minimum atomic E-state index is -3.33. The predicted molar refractivity (Wildman–Crippen MR) is 86.0 cm³/mol. The van der Waals surface area contributed by atoms with Crippen LogP contribution in [0.2, 0.25) is 0 Å². The number of sulfonamides is 1. The molecule has 0 saturated carbocycles. The van der Waals surface area contributed by atoms with Gasteiger partial charge in [-0.05, 0) is 12.8 Å². The van der Waals surface area contributed by atoms with Gasteiger partial charge in [-0.2, -0.15) is 4.31 Å². The fourth-order valence-corrected chi connectivity index (χ4v) is 4.45. The van der Waals surface area contributed by atoms with E-state index < -0.39 is 15.6 Å². The molecule has 0 aromatic rings. The van der Waals surface area contributed by atoms with E-state index in [-0.39, 0.29) is 18.4 Å². The van der Waals surface area contributed by atoms with Gasteiger partial charge in [0, 0.05) is 38.8 Å². The van der Waals surface area contributed by atoms with Gasteiger partial charge in [-0.15, -0.1) is 0 Å². The van der Waals surface area contributed by atoms with Crippen LogP contribution in [0.1, 0.15) is 12.8 Å². The smallest absolute Gasteiger partial charge is 0.226 e. The molecule has 3 heterocycles. The molecule has 1 unspecified atom stereocenters. The van der Waals surface area contributed by atoms with Gasteiger partial charge in [-0.1, -0.05) is 0 Å². The Balaban J connectivity index is 1.71. The third-order valence-electron chi connectivity index (χ3n) is 4.91. The minimum Gasteiger partial charge on any atom is -0.381 e. The second kappa shape index (κ2) is 7.25. The van der Waals surface area contributed by atoms with Crippen molar-refractivity contribution >= 4 is 15.9 Å². The first-order valence-corrected chi connectivity index (χ1v) is 10.3. The first kappa shape index (κ1) is 18.1. The van der Waals surface area contributed by atoms with Gasteiger partial charge in [0.05, 0.1) is 32.6 Å². The molecule has 0 aromatic carbocycles. The number of morpholine rings is 1. The second-order valence-corrected chi connectivity index (χ2v) is 8.81. The molecule has 0 aliphatic carbocycles. The molecule has 9 heteroatoms. The molecule has 3 rings (SSSR count). The van der Waals surface area contributed by atoms with Crippen molar-refractivity contribution in [2.45, 2.75) is 18.4 Å². The molecule has 3 fully saturated rings. The van der Waals surface area contributed by atoms with E-state index in [4.69, 9.17) is 14.2 Å². The molecule has 0 radical (unpaired) electrons. The van der Waals surface area contributed by atoms with Crippen molar-refractivity contribution in [3.8, 4) is 0 Å². The highest BCUT2D eigenvalue weighted by atomic mass is 32.2. The maximum atomic E-state index is 12.8. The van der Waals surface area contributed by atoms with Crippen LogP contribution in [0.3, 0.4) is 0 Å². The van der Waals surface area contributed by atoms with Gasteiger partial charge >= 0.3 is 0 Å². The van der Waals surface area contributed by atoms with Crippen LogP contribution in [0, 0.1) is 5.92 Å². The summed E-state index contributed by atoms with van der Waals surface area (Å²) in [6.45, 7) is 3.74. The van der Waals surface area contributed by atoms with Crippen LogP contribution in [-0.2, 0) is 29.0 Å². The Morgan fingerprint density at radius 1 is 1.04 bits per heavy atom. The van der Waals surface area contributed by atoms with Crippen molar-refractivity contribution in [1.82, 2.24) is 9.21 Å². The predicted octanol–water partition coefficient (Wildman–Crippen LogP) is -0.698. The van der Waals surface area contributed by atoms with Crippen LogP contribution in [-0.4, -0.2) is 94.6 Å². The highest BCUT2D eigenvalue weighted by molar-refractivity contribution is 7.88. The third kappa shape index (κ3) is 4.08. The molecule has 0 aromatic heterocycles. The largest absolute Gasteiger partial charge is 0.381 e. The van der Waals surface area contributed by atoms with E-state index in [9.17, 15) is 13.2 Å². The third-order valence-corrected chi connectivity index (χ3v) is 6.16. The van der Waals surface area contributed by atoms with E-state index in [1.807, 2.05) is 4.90 Å². The fourth-order valence-electron chi connectivity index (χ4n) is 3.57. The number of nitrogens with zero attached hydrogens (tertiary/aromatic N) is 2. The SMILES string of the molecule is CS(=O)(=O)N1CCOCC2(CN(C(=O)C3CCOCC3)CCO2)C1. The zero-order valence-corrected chi connectivity index (χ0v) is 14.9. The molecule has 3 aliphatic rings. The lowest BCUT2D eigenvalue weighted by Gasteiger charge is -2.44. The molecule has 3 aliphatic heterocycles. The van der Waals surface area contributed by atoms with Crippen molar-refractivity contribution in [2.24, 2.45) is 5.92 Å². The molecule has 0 bridgehead atoms. The molecule has 24 heavy (non-hydrogen) atoms. The van der Waals surface area contributed by atoms with Gasteiger partial charge in [0.15, 0.2) is 0 Å². The average molecular weight is 362 g/mol.